The molecule has 0 spiro atoms. The fourth-order valence-electron chi connectivity index (χ4n) is 6.73. The number of piperidine rings is 1. The fourth-order valence-corrected chi connectivity index (χ4v) is 6.73. The normalized spacial score (nSPS) is 39.2. The zero-order valence-corrected chi connectivity index (χ0v) is 16.4. The second kappa shape index (κ2) is 5.57. The number of nitrogens with two attached hydrogens (primary N) is 1. The van der Waals surface area contributed by atoms with Gasteiger partial charge in [0.1, 0.15) is 23.2 Å². The number of rotatable bonds is 3. The molecule has 2 saturated carbocycles. The lowest BCUT2D eigenvalue weighted by atomic mass is 9.48. The van der Waals surface area contributed by atoms with E-state index in [1.165, 1.54) is 12.8 Å². The van der Waals surface area contributed by atoms with E-state index in [0.717, 1.165) is 29.1 Å². The largest absolute Gasteiger partial charge is 0.507 e. The summed E-state index contributed by atoms with van der Waals surface area (Å²) in [5.41, 5.74) is 5.23. The molecular weight excluding hydrogens is 356 g/mol. The van der Waals surface area contributed by atoms with Crippen LogP contribution in [0.2, 0.25) is 0 Å². The van der Waals surface area contributed by atoms with Crippen LogP contribution in [0.4, 0.5) is 0 Å². The van der Waals surface area contributed by atoms with E-state index in [1.807, 2.05) is 6.07 Å². The Bertz CT molecular complexity index is 895. The van der Waals surface area contributed by atoms with E-state index in [-0.39, 0.29) is 29.6 Å². The SMILES string of the molecule is C[N+]1(CC2CC2)CCC23CC(=O)CC[C@@]2(O)[C@H]1Cc1ccc(C(N)=O)c(O)c13. The van der Waals surface area contributed by atoms with Gasteiger partial charge in [-0.15, -0.1) is 0 Å². The molecule has 3 aliphatic carbocycles. The number of hydrogen-bond acceptors (Lipinski definition) is 4. The Kier molecular flexibility index (Phi) is 3.61. The number of Topliss-reactive ketones (excluding diaryl/α,β-unsaturated/α-hetero) is 1. The molecule has 1 heterocycles. The maximum Gasteiger partial charge on any atom is 0.252 e. The number of fused-ring (bicyclic) bond motifs is 1. The third kappa shape index (κ3) is 2.22. The molecule has 28 heavy (non-hydrogen) atoms. The van der Waals surface area contributed by atoms with Gasteiger partial charge >= 0.3 is 0 Å². The molecule has 1 aliphatic heterocycles. The maximum atomic E-state index is 12.6. The van der Waals surface area contributed by atoms with E-state index in [0.29, 0.717) is 31.2 Å². The molecule has 4 atom stereocenters. The van der Waals surface area contributed by atoms with E-state index in [1.54, 1.807) is 6.07 Å². The summed E-state index contributed by atoms with van der Waals surface area (Å²) in [6.45, 7) is 1.94. The Morgan fingerprint density at radius 3 is 2.75 bits per heavy atom. The predicted octanol–water partition coefficient (Wildman–Crippen LogP) is 1.40. The minimum atomic E-state index is -1.05. The van der Waals surface area contributed by atoms with Crippen molar-refractivity contribution < 1.29 is 24.3 Å². The summed E-state index contributed by atoms with van der Waals surface area (Å²) in [5, 5.41) is 23.2. The molecule has 4 N–H and O–H groups in total. The third-order valence-electron chi connectivity index (χ3n) is 8.26. The first-order valence-electron chi connectivity index (χ1n) is 10.4. The van der Waals surface area contributed by atoms with E-state index in [9.17, 15) is 19.8 Å². The number of likely N-dealkylation sites (N-methyl/N-ethyl adjacent to an activating group) is 1. The molecule has 2 unspecified atom stereocenters. The summed E-state index contributed by atoms with van der Waals surface area (Å²) < 4.78 is 0.828. The van der Waals surface area contributed by atoms with Crippen molar-refractivity contribution in [2.24, 2.45) is 11.7 Å². The van der Waals surface area contributed by atoms with Crippen LogP contribution in [-0.2, 0) is 16.6 Å². The number of nitrogens with zero attached hydrogens (tertiary/aromatic N) is 1. The van der Waals surface area contributed by atoms with Gasteiger partial charge in [-0.3, -0.25) is 9.59 Å². The highest BCUT2D eigenvalue weighted by Gasteiger charge is 2.70. The molecule has 1 saturated heterocycles. The highest BCUT2D eigenvalue weighted by atomic mass is 16.3. The maximum absolute atomic E-state index is 12.6. The smallest absolute Gasteiger partial charge is 0.252 e. The van der Waals surface area contributed by atoms with Crippen molar-refractivity contribution in [2.75, 3.05) is 20.1 Å². The molecular formula is C22H29N2O4+. The van der Waals surface area contributed by atoms with Crippen molar-refractivity contribution in [3.63, 3.8) is 0 Å². The quantitative estimate of drug-likeness (QED) is 0.685. The number of carbonyl (C=O) groups excluding carboxylic acids is 2. The number of likely N-dealkylation sites (tertiary alicyclic amines) is 1. The van der Waals surface area contributed by atoms with Crippen LogP contribution in [0.25, 0.3) is 0 Å². The second-order valence-corrected chi connectivity index (χ2v) is 9.88. The summed E-state index contributed by atoms with van der Waals surface area (Å²) in [6.07, 6.45) is 4.85. The Hall–Kier alpha value is -1.92. The zero-order chi connectivity index (χ0) is 19.9. The van der Waals surface area contributed by atoms with Gasteiger partial charge < -0.3 is 20.4 Å². The molecule has 0 aromatic heterocycles. The lowest BCUT2D eigenvalue weighted by Gasteiger charge is -2.65. The van der Waals surface area contributed by atoms with Crippen LogP contribution >= 0.6 is 0 Å². The summed E-state index contributed by atoms with van der Waals surface area (Å²) in [7, 11) is 2.25. The Morgan fingerprint density at radius 2 is 2.07 bits per heavy atom. The molecule has 3 fully saturated rings. The zero-order valence-electron chi connectivity index (χ0n) is 16.4. The van der Waals surface area contributed by atoms with Gasteiger partial charge in [-0.2, -0.15) is 0 Å². The minimum absolute atomic E-state index is 0.00118. The molecule has 1 amide bonds. The first-order chi connectivity index (χ1) is 13.2. The number of aliphatic hydroxyl groups is 1. The van der Waals surface area contributed by atoms with E-state index in [4.69, 9.17) is 5.73 Å². The molecule has 6 nitrogen and oxygen atoms in total. The Labute approximate surface area is 164 Å². The molecule has 5 rings (SSSR count). The number of hydrogen-bond donors (Lipinski definition) is 3. The highest BCUT2D eigenvalue weighted by molar-refractivity contribution is 5.96. The molecule has 2 bridgehead atoms. The summed E-state index contributed by atoms with van der Waals surface area (Å²) in [6, 6.07) is 3.46. The van der Waals surface area contributed by atoms with Gasteiger partial charge in [-0.25, -0.2) is 0 Å². The first-order valence-corrected chi connectivity index (χ1v) is 10.4. The Morgan fingerprint density at radius 1 is 1.32 bits per heavy atom. The average Bonchev–Trinajstić information content (AvgIpc) is 3.43. The summed E-state index contributed by atoms with van der Waals surface area (Å²) in [4.78, 5) is 24.4. The number of benzene rings is 1. The van der Waals surface area contributed by atoms with E-state index in [2.05, 4.69) is 7.05 Å². The lowest BCUT2D eigenvalue weighted by Crippen LogP contribution is -2.78. The van der Waals surface area contributed by atoms with Gasteiger partial charge in [0.15, 0.2) is 0 Å². The first kappa shape index (κ1) is 18.1. The second-order valence-electron chi connectivity index (χ2n) is 9.88. The van der Waals surface area contributed by atoms with Crippen LogP contribution in [-0.4, -0.2) is 58.2 Å². The van der Waals surface area contributed by atoms with Crippen LogP contribution in [0.5, 0.6) is 5.75 Å². The molecule has 1 aromatic carbocycles. The van der Waals surface area contributed by atoms with E-state index >= 15 is 0 Å². The number of amides is 1. The van der Waals surface area contributed by atoms with Gasteiger partial charge in [-0.1, -0.05) is 6.07 Å². The number of aromatic hydroxyl groups is 1. The van der Waals surface area contributed by atoms with Gasteiger partial charge in [0.05, 0.1) is 25.7 Å². The number of ketones is 1. The van der Waals surface area contributed by atoms with Crippen LogP contribution in [0.1, 0.15) is 60.0 Å². The monoisotopic (exact) mass is 385 g/mol. The van der Waals surface area contributed by atoms with Gasteiger partial charge in [-0.05, 0) is 30.9 Å². The topological polar surface area (TPSA) is 101 Å². The highest BCUT2D eigenvalue weighted by Crippen LogP contribution is 2.61. The molecule has 0 radical (unpaired) electrons. The van der Waals surface area contributed by atoms with Gasteiger partial charge in [0.2, 0.25) is 0 Å². The third-order valence-corrected chi connectivity index (χ3v) is 8.26. The van der Waals surface area contributed by atoms with Crippen LogP contribution < -0.4 is 5.73 Å². The molecule has 4 aliphatic rings. The molecule has 150 valence electrons. The lowest BCUT2D eigenvalue weighted by molar-refractivity contribution is -0.950. The van der Waals surface area contributed by atoms with Crippen molar-refractivity contribution in [1.29, 1.82) is 0 Å². The van der Waals surface area contributed by atoms with E-state index < -0.39 is 16.9 Å². The van der Waals surface area contributed by atoms with Crippen LogP contribution in [0, 0.1) is 5.92 Å². The molecule has 1 aromatic rings. The Balaban J connectivity index is 1.73. The average molecular weight is 385 g/mol. The van der Waals surface area contributed by atoms with Crippen molar-refractivity contribution >= 4 is 11.7 Å². The summed E-state index contributed by atoms with van der Waals surface area (Å²) in [5.74, 6) is 0.0429. The van der Waals surface area contributed by atoms with Gasteiger partial charge in [0, 0.05) is 42.6 Å². The number of quaternary nitrogens is 1. The number of primary amides is 1. The van der Waals surface area contributed by atoms with Crippen molar-refractivity contribution in [3.8, 4) is 5.75 Å². The van der Waals surface area contributed by atoms with Crippen molar-refractivity contribution in [2.45, 2.75) is 62.0 Å². The van der Waals surface area contributed by atoms with Crippen LogP contribution in [0.3, 0.4) is 0 Å². The fraction of sp³-hybridized carbons (Fsp3) is 0.636. The van der Waals surface area contributed by atoms with Crippen molar-refractivity contribution in [1.82, 2.24) is 0 Å². The number of phenols is 1. The number of carbonyl (C=O) groups is 2. The predicted molar refractivity (Wildman–Crippen MR) is 103 cm³/mol. The van der Waals surface area contributed by atoms with Crippen molar-refractivity contribution in [3.05, 3.63) is 28.8 Å². The van der Waals surface area contributed by atoms with Gasteiger partial charge in [0.25, 0.3) is 5.91 Å². The minimum Gasteiger partial charge on any atom is -0.507 e. The summed E-state index contributed by atoms with van der Waals surface area (Å²) >= 11 is 0. The standard InChI is InChI=1S/C22H28N2O4/c1-24(12-13-2-3-13)9-8-21-11-15(25)6-7-22(21,28)17(24)10-14-4-5-16(20(23)27)19(26)18(14)21/h4-5,13,17,28H,2-3,6-12H2,1H3,(H2-,23,26,27)/p+1/t17-,21?,22-,24?/m1/s1. The van der Waals surface area contributed by atoms with Crippen LogP contribution in [0.15, 0.2) is 12.1 Å². The molecule has 6 heteroatoms.